The van der Waals surface area contributed by atoms with Gasteiger partial charge in [-0.1, -0.05) is 30.3 Å². The fourth-order valence-corrected chi connectivity index (χ4v) is 2.88. The molecule has 4 nitrogen and oxygen atoms in total. The van der Waals surface area contributed by atoms with Gasteiger partial charge in [0.2, 0.25) is 5.13 Å². The Kier molecular flexibility index (Phi) is 4.50. The van der Waals surface area contributed by atoms with Crippen LogP contribution in [0.3, 0.4) is 0 Å². The number of thioether (sulfide) groups is 1. The Morgan fingerprint density at radius 3 is 2.50 bits per heavy atom. The number of amides is 1. The number of nitrogens with zero attached hydrogens (tertiary/aromatic N) is 2. The van der Waals surface area contributed by atoms with Crippen molar-refractivity contribution in [3.63, 3.8) is 0 Å². The summed E-state index contributed by atoms with van der Waals surface area (Å²) in [6, 6.07) is 17.1. The molecule has 1 aromatic heterocycles. The standard InChI is InChI=1S/C16H13N3OS2/c1-21-13-9-7-11(8-10-13)14-17-16(22-19-14)18-15(20)12-5-3-2-4-6-12/h2-10H,1H3,(H,17,18,19,20). The molecular formula is C16H13N3OS2. The Bertz CT molecular complexity index is 770. The molecule has 110 valence electrons. The highest BCUT2D eigenvalue weighted by Crippen LogP contribution is 2.24. The molecule has 3 aromatic rings. The van der Waals surface area contributed by atoms with Gasteiger partial charge in [0.25, 0.3) is 5.91 Å². The average molecular weight is 327 g/mol. The minimum absolute atomic E-state index is 0.180. The predicted octanol–water partition coefficient (Wildman–Crippen LogP) is 4.18. The Labute approximate surface area is 136 Å². The molecule has 0 saturated heterocycles. The van der Waals surface area contributed by atoms with Gasteiger partial charge in [-0.25, -0.2) is 0 Å². The summed E-state index contributed by atoms with van der Waals surface area (Å²) in [5.41, 5.74) is 1.54. The van der Waals surface area contributed by atoms with Gasteiger partial charge in [0.1, 0.15) is 0 Å². The summed E-state index contributed by atoms with van der Waals surface area (Å²) in [6.45, 7) is 0. The van der Waals surface area contributed by atoms with Crippen LogP contribution in [-0.4, -0.2) is 21.5 Å². The second-order valence-electron chi connectivity index (χ2n) is 4.47. The van der Waals surface area contributed by atoms with Crippen LogP contribution in [0.25, 0.3) is 11.4 Å². The molecule has 0 spiro atoms. The molecule has 0 unspecified atom stereocenters. The molecule has 0 aliphatic carbocycles. The SMILES string of the molecule is CSc1ccc(-c2nsc(NC(=O)c3ccccc3)n2)cc1. The number of rotatable bonds is 4. The number of hydrogen-bond donors (Lipinski definition) is 1. The minimum Gasteiger partial charge on any atom is -0.297 e. The number of nitrogens with one attached hydrogen (secondary N) is 1. The molecule has 3 rings (SSSR count). The zero-order valence-electron chi connectivity index (χ0n) is 11.8. The van der Waals surface area contributed by atoms with Crippen LogP contribution >= 0.6 is 23.3 Å². The van der Waals surface area contributed by atoms with Gasteiger partial charge in [-0.15, -0.1) is 11.8 Å². The Hall–Kier alpha value is -2.18. The summed E-state index contributed by atoms with van der Waals surface area (Å²) >= 11 is 2.87. The lowest BCUT2D eigenvalue weighted by Crippen LogP contribution is -2.11. The summed E-state index contributed by atoms with van der Waals surface area (Å²) < 4.78 is 4.30. The maximum atomic E-state index is 12.1. The molecule has 0 aliphatic rings. The van der Waals surface area contributed by atoms with Crippen molar-refractivity contribution in [1.29, 1.82) is 0 Å². The number of carbonyl (C=O) groups is 1. The van der Waals surface area contributed by atoms with Crippen molar-refractivity contribution < 1.29 is 4.79 Å². The maximum absolute atomic E-state index is 12.1. The van der Waals surface area contributed by atoms with Crippen molar-refractivity contribution in [1.82, 2.24) is 9.36 Å². The molecule has 22 heavy (non-hydrogen) atoms. The fourth-order valence-electron chi connectivity index (χ4n) is 1.89. The van der Waals surface area contributed by atoms with E-state index >= 15 is 0 Å². The summed E-state index contributed by atoms with van der Waals surface area (Å²) in [5.74, 6) is 0.446. The normalized spacial score (nSPS) is 10.4. The predicted molar refractivity (Wildman–Crippen MR) is 91.5 cm³/mol. The zero-order valence-corrected chi connectivity index (χ0v) is 13.4. The molecule has 6 heteroatoms. The van der Waals surface area contributed by atoms with E-state index in [0.717, 1.165) is 5.56 Å². The van der Waals surface area contributed by atoms with Crippen LogP contribution < -0.4 is 5.32 Å². The van der Waals surface area contributed by atoms with Gasteiger partial charge in [-0.2, -0.15) is 9.36 Å². The number of hydrogen-bond acceptors (Lipinski definition) is 5. The topological polar surface area (TPSA) is 54.9 Å². The third kappa shape index (κ3) is 3.35. The third-order valence-corrected chi connectivity index (χ3v) is 4.40. The maximum Gasteiger partial charge on any atom is 0.257 e. The quantitative estimate of drug-likeness (QED) is 0.730. The first-order valence-corrected chi connectivity index (χ1v) is 8.60. The number of anilines is 1. The highest BCUT2D eigenvalue weighted by molar-refractivity contribution is 7.98. The largest absolute Gasteiger partial charge is 0.297 e. The molecule has 0 saturated carbocycles. The monoisotopic (exact) mass is 327 g/mol. The molecule has 1 amide bonds. The van der Waals surface area contributed by atoms with E-state index < -0.39 is 0 Å². The van der Waals surface area contributed by atoms with Crippen molar-refractivity contribution >= 4 is 34.3 Å². The summed E-state index contributed by atoms with van der Waals surface area (Å²) in [7, 11) is 0. The van der Waals surface area contributed by atoms with E-state index in [1.165, 1.54) is 16.4 Å². The Morgan fingerprint density at radius 2 is 1.82 bits per heavy atom. The van der Waals surface area contributed by atoms with Gasteiger partial charge in [-0.3, -0.25) is 10.1 Å². The molecule has 0 atom stereocenters. The number of carbonyl (C=O) groups excluding carboxylic acids is 1. The van der Waals surface area contributed by atoms with E-state index in [9.17, 15) is 4.79 Å². The van der Waals surface area contributed by atoms with Crippen molar-refractivity contribution in [3.8, 4) is 11.4 Å². The Balaban J connectivity index is 1.74. The summed E-state index contributed by atoms with van der Waals surface area (Å²) in [5, 5.41) is 3.27. The molecule has 0 fully saturated rings. The van der Waals surface area contributed by atoms with E-state index in [2.05, 4.69) is 14.7 Å². The van der Waals surface area contributed by atoms with Gasteiger partial charge in [0.15, 0.2) is 5.82 Å². The molecule has 2 aromatic carbocycles. The zero-order chi connectivity index (χ0) is 15.4. The van der Waals surface area contributed by atoms with Crippen molar-refractivity contribution in [3.05, 3.63) is 60.2 Å². The summed E-state index contributed by atoms with van der Waals surface area (Å²) in [6.07, 6.45) is 2.04. The van der Waals surface area contributed by atoms with Crippen LogP contribution in [0.2, 0.25) is 0 Å². The van der Waals surface area contributed by atoms with Crippen molar-refractivity contribution in [2.75, 3.05) is 11.6 Å². The van der Waals surface area contributed by atoms with Crippen LogP contribution in [0.15, 0.2) is 59.5 Å². The first-order valence-electron chi connectivity index (χ1n) is 6.61. The highest BCUT2D eigenvalue weighted by atomic mass is 32.2. The fraction of sp³-hybridized carbons (Fsp3) is 0.0625. The van der Waals surface area contributed by atoms with E-state index in [4.69, 9.17) is 0 Å². The first-order chi connectivity index (χ1) is 10.8. The van der Waals surface area contributed by atoms with Gasteiger partial charge in [0, 0.05) is 27.6 Å². The van der Waals surface area contributed by atoms with Crippen molar-refractivity contribution in [2.24, 2.45) is 0 Å². The second-order valence-corrected chi connectivity index (χ2v) is 6.10. The lowest BCUT2D eigenvalue weighted by molar-refractivity contribution is 0.102. The Morgan fingerprint density at radius 1 is 1.09 bits per heavy atom. The van der Waals surface area contributed by atoms with E-state index in [-0.39, 0.29) is 5.91 Å². The number of benzene rings is 2. The molecule has 1 N–H and O–H groups in total. The van der Waals surface area contributed by atoms with Crippen LogP contribution in [-0.2, 0) is 0 Å². The molecular weight excluding hydrogens is 314 g/mol. The summed E-state index contributed by atoms with van der Waals surface area (Å²) in [4.78, 5) is 17.6. The first kappa shape index (κ1) is 14.7. The van der Waals surface area contributed by atoms with Crippen LogP contribution in [0.4, 0.5) is 5.13 Å². The number of aromatic nitrogens is 2. The van der Waals surface area contributed by atoms with E-state index in [1.807, 2.05) is 48.7 Å². The van der Waals surface area contributed by atoms with Gasteiger partial charge < -0.3 is 0 Å². The third-order valence-electron chi connectivity index (χ3n) is 3.03. The smallest absolute Gasteiger partial charge is 0.257 e. The van der Waals surface area contributed by atoms with E-state index in [0.29, 0.717) is 16.5 Å². The van der Waals surface area contributed by atoms with E-state index in [1.54, 1.807) is 23.9 Å². The van der Waals surface area contributed by atoms with Crippen LogP contribution in [0, 0.1) is 0 Å². The van der Waals surface area contributed by atoms with Gasteiger partial charge >= 0.3 is 0 Å². The highest BCUT2D eigenvalue weighted by Gasteiger charge is 2.10. The molecule has 0 radical (unpaired) electrons. The molecule has 1 heterocycles. The minimum atomic E-state index is -0.180. The molecule has 0 bridgehead atoms. The van der Waals surface area contributed by atoms with Gasteiger partial charge in [0.05, 0.1) is 0 Å². The van der Waals surface area contributed by atoms with Crippen molar-refractivity contribution in [2.45, 2.75) is 4.90 Å². The lowest BCUT2D eigenvalue weighted by Gasteiger charge is -2.00. The van der Waals surface area contributed by atoms with Crippen LogP contribution in [0.5, 0.6) is 0 Å². The lowest BCUT2D eigenvalue weighted by atomic mass is 10.2. The molecule has 0 aliphatic heterocycles. The second kappa shape index (κ2) is 6.72. The van der Waals surface area contributed by atoms with Gasteiger partial charge in [-0.05, 0) is 30.5 Å². The average Bonchev–Trinajstić information content (AvgIpc) is 3.04. The van der Waals surface area contributed by atoms with Crippen LogP contribution in [0.1, 0.15) is 10.4 Å².